The Kier molecular flexibility index (Phi) is 3.85. The summed E-state index contributed by atoms with van der Waals surface area (Å²) in [6, 6.07) is 11.5. The summed E-state index contributed by atoms with van der Waals surface area (Å²) in [7, 11) is 0. The molecule has 0 spiro atoms. The van der Waals surface area contributed by atoms with Crippen LogP contribution in [-0.2, 0) is 0 Å². The zero-order valence-corrected chi connectivity index (χ0v) is 15.4. The first kappa shape index (κ1) is 17.1. The maximum atomic E-state index is 12.8. The second-order valence-corrected chi connectivity index (χ2v) is 7.04. The van der Waals surface area contributed by atoms with Gasteiger partial charge in [-0.3, -0.25) is 4.90 Å². The molecule has 10 heteroatoms. The van der Waals surface area contributed by atoms with Crippen molar-refractivity contribution in [3.63, 3.8) is 0 Å². The fourth-order valence-electron chi connectivity index (χ4n) is 3.12. The van der Waals surface area contributed by atoms with Crippen molar-refractivity contribution in [3.8, 4) is 11.6 Å². The molecule has 1 aliphatic heterocycles. The number of ether oxygens (including phenoxy) is 1. The van der Waals surface area contributed by atoms with Gasteiger partial charge in [-0.25, -0.2) is 14.6 Å². The third-order valence-corrected chi connectivity index (χ3v) is 5.39. The largest absolute Gasteiger partial charge is 0.477 e. The Morgan fingerprint density at radius 1 is 1.14 bits per heavy atom. The van der Waals surface area contributed by atoms with Gasteiger partial charge in [-0.1, -0.05) is 0 Å². The number of urea groups is 1. The summed E-state index contributed by atoms with van der Waals surface area (Å²) >= 11 is 1.03. The zero-order chi connectivity index (χ0) is 20.0. The molecule has 4 heterocycles. The van der Waals surface area contributed by atoms with Gasteiger partial charge in [0.2, 0.25) is 5.88 Å². The van der Waals surface area contributed by atoms with Crippen LogP contribution in [0.1, 0.15) is 9.67 Å². The molecular formula is C19H11N5O4S. The van der Waals surface area contributed by atoms with Gasteiger partial charge in [0, 0.05) is 18.5 Å². The van der Waals surface area contributed by atoms with E-state index in [-0.39, 0.29) is 10.6 Å². The van der Waals surface area contributed by atoms with Crippen LogP contribution in [0.25, 0.3) is 10.2 Å². The van der Waals surface area contributed by atoms with Crippen molar-refractivity contribution in [2.75, 3.05) is 10.2 Å². The van der Waals surface area contributed by atoms with Crippen molar-refractivity contribution in [1.29, 1.82) is 0 Å². The lowest BCUT2D eigenvalue weighted by Crippen LogP contribution is -2.34. The van der Waals surface area contributed by atoms with Crippen LogP contribution in [0, 0.1) is 0 Å². The molecule has 2 amide bonds. The van der Waals surface area contributed by atoms with E-state index >= 15 is 0 Å². The average molecular weight is 405 g/mol. The van der Waals surface area contributed by atoms with Crippen LogP contribution in [0.5, 0.6) is 11.6 Å². The maximum absolute atomic E-state index is 12.8. The van der Waals surface area contributed by atoms with Gasteiger partial charge in [-0.05, 0) is 36.4 Å². The number of nitrogens with zero attached hydrogens (tertiary/aromatic N) is 4. The highest BCUT2D eigenvalue weighted by molar-refractivity contribution is 7.21. The van der Waals surface area contributed by atoms with Gasteiger partial charge in [0.1, 0.15) is 15.5 Å². The quantitative estimate of drug-likeness (QED) is 0.521. The summed E-state index contributed by atoms with van der Waals surface area (Å²) in [4.78, 5) is 30.6. The van der Waals surface area contributed by atoms with Crippen molar-refractivity contribution in [2.45, 2.75) is 0 Å². The van der Waals surface area contributed by atoms with Crippen molar-refractivity contribution in [1.82, 2.24) is 15.2 Å². The van der Waals surface area contributed by atoms with Gasteiger partial charge < -0.3 is 15.2 Å². The number of hydrogen-bond acceptors (Lipinski definition) is 7. The highest BCUT2D eigenvalue weighted by atomic mass is 32.1. The number of pyridine rings is 1. The molecule has 0 aliphatic carbocycles. The smallest absolute Gasteiger partial charge is 0.348 e. The van der Waals surface area contributed by atoms with Crippen LogP contribution in [-0.4, -0.2) is 32.3 Å². The first-order valence-electron chi connectivity index (χ1n) is 8.43. The van der Waals surface area contributed by atoms with Crippen LogP contribution in [0.15, 0.2) is 54.9 Å². The predicted molar refractivity (Wildman–Crippen MR) is 106 cm³/mol. The maximum Gasteiger partial charge on any atom is 0.348 e. The normalized spacial score (nSPS) is 12.7. The number of benzene rings is 1. The fraction of sp³-hybridized carbons (Fsp3) is 0. The lowest BCUT2D eigenvalue weighted by molar-refractivity contribution is 0.0703. The Labute approximate surface area is 167 Å². The molecule has 0 unspecified atom stereocenters. The Morgan fingerprint density at radius 2 is 1.97 bits per heavy atom. The monoisotopic (exact) mass is 405 g/mol. The second-order valence-electron chi connectivity index (χ2n) is 6.04. The molecule has 1 aliphatic rings. The summed E-state index contributed by atoms with van der Waals surface area (Å²) in [6.07, 6.45) is 3.11. The summed E-state index contributed by atoms with van der Waals surface area (Å²) in [5.41, 5.74) is 1.44. The Morgan fingerprint density at radius 3 is 2.69 bits per heavy atom. The minimum Gasteiger partial charge on any atom is -0.477 e. The predicted octanol–water partition coefficient (Wildman–Crippen LogP) is 4.26. The number of amides is 2. The van der Waals surface area contributed by atoms with Crippen molar-refractivity contribution in [3.05, 3.63) is 59.7 Å². The number of carboxylic acids is 1. The minimum absolute atomic E-state index is 0.0562. The molecule has 5 rings (SSSR count). The topological polar surface area (TPSA) is 118 Å². The minimum atomic E-state index is -1.10. The van der Waals surface area contributed by atoms with Gasteiger partial charge in [-0.15, -0.1) is 16.4 Å². The first-order valence-corrected chi connectivity index (χ1v) is 9.25. The molecule has 142 valence electrons. The molecule has 0 bridgehead atoms. The molecule has 0 atom stereocenters. The molecular weight excluding hydrogens is 394 g/mol. The number of carboxylic acid groups (broad SMARTS) is 1. The van der Waals surface area contributed by atoms with Crippen molar-refractivity contribution in [2.24, 2.45) is 0 Å². The number of rotatable bonds is 4. The number of nitrogens with one attached hydrogen (secondary N) is 1. The number of carbonyl (C=O) groups excluding carboxylic acids is 1. The van der Waals surface area contributed by atoms with Gasteiger partial charge in [0.05, 0.1) is 22.4 Å². The molecule has 0 fully saturated rings. The lowest BCUT2D eigenvalue weighted by atomic mass is 10.1. The SMILES string of the molecule is O=C(O)c1sc2nccc3c2c1NC(=O)N3c1ccc(Oc2cccnn2)cc1. The van der Waals surface area contributed by atoms with E-state index in [1.807, 2.05) is 0 Å². The van der Waals surface area contributed by atoms with Gasteiger partial charge in [0.25, 0.3) is 0 Å². The highest BCUT2D eigenvalue weighted by Gasteiger charge is 2.32. The molecule has 3 aromatic heterocycles. The standard InChI is InChI=1S/C19H11N5O4S/c25-18(26)16-15-14-12(7-9-20-17(14)29-16)24(19(27)22-15)10-3-5-11(6-4-10)28-13-2-1-8-21-23-13/h1-9H,(H,22,27)(H,25,26). The Bertz CT molecular complexity index is 1260. The number of hydrogen-bond donors (Lipinski definition) is 2. The van der Waals surface area contributed by atoms with Gasteiger partial charge in [-0.2, -0.15) is 5.10 Å². The number of aromatic nitrogens is 3. The van der Waals surface area contributed by atoms with Gasteiger partial charge in [0.15, 0.2) is 0 Å². The fourth-order valence-corrected chi connectivity index (χ4v) is 4.08. The van der Waals surface area contributed by atoms with Crippen LogP contribution < -0.4 is 15.0 Å². The third kappa shape index (κ3) is 2.82. The number of thiophene rings is 1. The Hall–Kier alpha value is -4.05. The molecule has 0 radical (unpaired) electrons. The van der Waals surface area contributed by atoms with Crippen LogP contribution in [0.3, 0.4) is 0 Å². The van der Waals surface area contributed by atoms with E-state index in [1.165, 1.54) is 4.90 Å². The van der Waals surface area contributed by atoms with Crippen LogP contribution in [0.2, 0.25) is 0 Å². The zero-order valence-electron chi connectivity index (χ0n) is 14.6. The van der Waals surface area contributed by atoms with Crippen molar-refractivity contribution >= 4 is 50.6 Å². The Balaban J connectivity index is 1.54. The van der Waals surface area contributed by atoms with E-state index in [9.17, 15) is 14.7 Å². The number of carbonyl (C=O) groups is 2. The van der Waals surface area contributed by atoms with Crippen LogP contribution in [0.4, 0.5) is 21.9 Å². The van der Waals surface area contributed by atoms with Crippen molar-refractivity contribution < 1.29 is 19.4 Å². The molecule has 0 saturated heterocycles. The van der Waals surface area contributed by atoms with E-state index in [4.69, 9.17) is 4.74 Å². The molecule has 2 N–H and O–H groups in total. The van der Waals surface area contributed by atoms with E-state index in [1.54, 1.807) is 54.9 Å². The molecule has 0 saturated carbocycles. The first-order chi connectivity index (χ1) is 14.1. The van der Waals surface area contributed by atoms with E-state index in [2.05, 4.69) is 20.5 Å². The van der Waals surface area contributed by atoms with E-state index in [0.717, 1.165) is 11.3 Å². The molecule has 29 heavy (non-hydrogen) atoms. The third-order valence-electron chi connectivity index (χ3n) is 4.31. The number of anilines is 3. The summed E-state index contributed by atoms with van der Waals surface area (Å²) in [6.45, 7) is 0. The molecule has 1 aromatic carbocycles. The summed E-state index contributed by atoms with van der Waals surface area (Å²) < 4.78 is 5.62. The van der Waals surface area contributed by atoms with E-state index in [0.29, 0.717) is 33.2 Å². The van der Waals surface area contributed by atoms with E-state index < -0.39 is 12.0 Å². The highest BCUT2D eigenvalue weighted by Crippen LogP contribution is 2.45. The van der Waals surface area contributed by atoms with Gasteiger partial charge >= 0.3 is 12.0 Å². The molecule has 9 nitrogen and oxygen atoms in total. The second kappa shape index (κ2) is 6.53. The van der Waals surface area contributed by atoms with Crippen LogP contribution >= 0.6 is 11.3 Å². The molecule has 4 aromatic rings. The summed E-state index contributed by atoms with van der Waals surface area (Å²) in [5, 5.41) is 20.3. The number of aromatic carboxylic acids is 1. The average Bonchev–Trinajstić information content (AvgIpc) is 3.10. The lowest BCUT2D eigenvalue weighted by Gasteiger charge is -2.28. The summed E-state index contributed by atoms with van der Waals surface area (Å²) in [5.74, 6) is -0.208.